The molecule has 2 aromatic carbocycles. The third-order valence-corrected chi connectivity index (χ3v) is 4.72. The molecule has 3 rings (SSSR count). The number of phenolic OH excluding ortho intramolecular Hbond substituents is 1. The molecule has 2 heteroatoms. The van der Waals surface area contributed by atoms with E-state index in [-0.39, 0.29) is 0 Å². The number of hydrogen-bond acceptors (Lipinski definition) is 2. The van der Waals surface area contributed by atoms with Crippen molar-refractivity contribution in [1.29, 1.82) is 0 Å². The van der Waals surface area contributed by atoms with E-state index in [1.807, 2.05) is 36.4 Å². The van der Waals surface area contributed by atoms with Crippen LogP contribution in [0, 0.1) is 6.92 Å². The van der Waals surface area contributed by atoms with E-state index in [0.717, 1.165) is 16.8 Å². The third kappa shape index (κ3) is 4.01. The molecule has 2 aromatic rings. The second kappa shape index (κ2) is 7.45. The topological polar surface area (TPSA) is 32.6 Å². The normalized spacial score (nSPS) is 16.6. The molecule has 1 aliphatic rings. The first-order valence-corrected chi connectivity index (χ1v) is 8.66. The molecule has 0 atom stereocenters. The third-order valence-electron chi connectivity index (χ3n) is 4.72. The smallest absolute Gasteiger partial charge is 0.127 e. The van der Waals surface area contributed by atoms with Gasteiger partial charge in [-0.15, -0.1) is 0 Å². The van der Waals surface area contributed by atoms with Crippen molar-refractivity contribution in [2.75, 3.05) is 0 Å². The van der Waals surface area contributed by atoms with Crippen LogP contribution in [-0.2, 0) is 0 Å². The summed E-state index contributed by atoms with van der Waals surface area (Å²) in [4.78, 5) is 4.50. The summed E-state index contributed by atoms with van der Waals surface area (Å²) in [6, 6.07) is 14.0. The van der Waals surface area contributed by atoms with Crippen molar-refractivity contribution in [3.63, 3.8) is 0 Å². The lowest BCUT2D eigenvalue weighted by Gasteiger charge is -2.18. The van der Waals surface area contributed by atoms with Crippen LogP contribution in [-0.4, -0.2) is 11.3 Å². The Hall–Kier alpha value is -2.09. The zero-order valence-corrected chi connectivity index (χ0v) is 13.8. The van der Waals surface area contributed by atoms with Gasteiger partial charge < -0.3 is 5.11 Å². The van der Waals surface area contributed by atoms with Gasteiger partial charge in [0.15, 0.2) is 0 Å². The van der Waals surface area contributed by atoms with Crippen LogP contribution < -0.4 is 0 Å². The highest BCUT2D eigenvalue weighted by Gasteiger charge is 2.19. The molecule has 1 aliphatic carbocycles. The van der Waals surface area contributed by atoms with E-state index in [2.05, 4.69) is 18.0 Å². The lowest BCUT2D eigenvalue weighted by Crippen LogP contribution is -2.00. The van der Waals surface area contributed by atoms with Gasteiger partial charge in [0.05, 0.1) is 5.69 Å². The molecule has 0 aromatic heterocycles. The number of benzene rings is 2. The number of hydrogen-bond donors (Lipinski definition) is 1. The molecule has 0 saturated heterocycles. The Morgan fingerprint density at radius 1 is 1.00 bits per heavy atom. The molecule has 1 fully saturated rings. The summed E-state index contributed by atoms with van der Waals surface area (Å²) in [5, 5.41) is 10.7. The highest BCUT2D eigenvalue weighted by Crippen LogP contribution is 2.38. The fourth-order valence-electron chi connectivity index (χ4n) is 3.49. The maximum Gasteiger partial charge on any atom is 0.127 e. The lowest BCUT2D eigenvalue weighted by molar-refractivity contribution is 0.452. The number of rotatable bonds is 3. The van der Waals surface area contributed by atoms with E-state index in [0.29, 0.717) is 11.7 Å². The van der Waals surface area contributed by atoms with E-state index in [4.69, 9.17) is 0 Å². The molecule has 0 radical (unpaired) electrons. The first kappa shape index (κ1) is 15.8. The molecule has 0 heterocycles. The van der Waals surface area contributed by atoms with Gasteiger partial charge in [-0.2, -0.15) is 0 Å². The van der Waals surface area contributed by atoms with Crippen molar-refractivity contribution in [2.24, 2.45) is 4.99 Å². The van der Waals surface area contributed by atoms with Gasteiger partial charge in [-0.05, 0) is 55.0 Å². The number of nitrogens with zero attached hydrogens (tertiary/aromatic N) is 1. The standard InChI is InChI=1S/C21H25NO/c1-16-13-18(15-22-19-11-7-4-8-12-19)21(23)20(14-16)17-9-5-2-3-6-10-17/h4,7-8,11-15,17,23H,2-3,5-6,9-10H2,1H3. The Kier molecular flexibility index (Phi) is 5.12. The highest BCUT2D eigenvalue weighted by molar-refractivity contribution is 5.86. The maximum atomic E-state index is 10.7. The van der Waals surface area contributed by atoms with Crippen LogP contribution in [0.15, 0.2) is 47.5 Å². The van der Waals surface area contributed by atoms with Crippen molar-refractivity contribution in [3.8, 4) is 5.75 Å². The molecular formula is C21H25NO. The van der Waals surface area contributed by atoms with Crippen LogP contribution in [0.1, 0.15) is 61.1 Å². The van der Waals surface area contributed by atoms with Crippen LogP contribution in [0.4, 0.5) is 5.69 Å². The Morgan fingerprint density at radius 3 is 2.39 bits per heavy atom. The van der Waals surface area contributed by atoms with Crippen molar-refractivity contribution in [1.82, 2.24) is 0 Å². The predicted octanol–water partition coefficient (Wildman–Crippen LogP) is 5.89. The molecule has 0 amide bonds. The fourth-order valence-corrected chi connectivity index (χ4v) is 3.49. The van der Waals surface area contributed by atoms with E-state index < -0.39 is 0 Å². The average Bonchev–Trinajstić information content (AvgIpc) is 2.85. The summed E-state index contributed by atoms with van der Waals surface area (Å²) in [6.45, 7) is 2.10. The molecule has 0 aliphatic heterocycles. The minimum absolute atomic E-state index is 0.419. The largest absolute Gasteiger partial charge is 0.507 e. The summed E-state index contributed by atoms with van der Waals surface area (Å²) < 4.78 is 0. The number of aryl methyl sites for hydroxylation is 1. The van der Waals surface area contributed by atoms with E-state index in [1.165, 1.54) is 44.1 Å². The molecule has 1 saturated carbocycles. The van der Waals surface area contributed by atoms with Gasteiger partial charge in [0, 0.05) is 11.8 Å². The number of phenols is 1. The van der Waals surface area contributed by atoms with Crippen LogP contribution in [0.25, 0.3) is 0 Å². The second-order valence-electron chi connectivity index (χ2n) is 6.57. The highest BCUT2D eigenvalue weighted by atomic mass is 16.3. The summed E-state index contributed by atoms with van der Waals surface area (Å²) in [5.74, 6) is 0.906. The number of aliphatic imine (C=N–C) groups is 1. The molecule has 0 spiro atoms. The summed E-state index contributed by atoms with van der Waals surface area (Å²) in [7, 11) is 0. The van der Waals surface area contributed by atoms with Crippen molar-refractivity contribution in [2.45, 2.75) is 51.4 Å². The minimum atomic E-state index is 0.419. The molecular weight excluding hydrogens is 282 g/mol. The van der Waals surface area contributed by atoms with Crippen LogP contribution in [0.5, 0.6) is 5.75 Å². The van der Waals surface area contributed by atoms with Gasteiger partial charge >= 0.3 is 0 Å². The zero-order chi connectivity index (χ0) is 16.1. The maximum absolute atomic E-state index is 10.7. The Balaban J connectivity index is 1.90. The SMILES string of the molecule is Cc1cc(C=Nc2ccccc2)c(O)c(C2CCCCCC2)c1. The number of aromatic hydroxyl groups is 1. The van der Waals surface area contributed by atoms with Crippen molar-refractivity contribution < 1.29 is 5.11 Å². The van der Waals surface area contributed by atoms with Gasteiger partial charge in [0.1, 0.15) is 5.75 Å². The van der Waals surface area contributed by atoms with Gasteiger partial charge in [0.2, 0.25) is 0 Å². The van der Waals surface area contributed by atoms with Crippen LogP contribution in [0.2, 0.25) is 0 Å². The molecule has 1 N–H and O–H groups in total. The molecule has 0 unspecified atom stereocenters. The summed E-state index contributed by atoms with van der Waals surface area (Å²) in [6.07, 6.45) is 9.35. The van der Waals surface area contributed by atoms with Gasteiger partial charge in [-0.3, -0.25) is 4.99 Å². The first-order valence-electron chi connectivity index (χ1n) is 8.66. The quantitative estimate of drug-likeness (QED) is 0.556. The average molecular weight is 307 g/mol. The predicted molar refractivity (Wildman–Crippen MR) is 97.0 cm³/mol. The number of para-hydroxylation sites is 1. The van der Waals surface area contributed by atoms with E-state index >= 15 is 0 Å². The van der Waals surface area contributed by atoms with E-state index in [1.54, 1.807) is 6.21 Å². The van der Waals surface area contributed by atoms with Crippen molar-refractivity contribution >= 4 is 11.9 Å². The Bertz CT molecular complexity index is 668. The lowest BCUT2D eigenvalue weighted by atomic mass is 9.88. The molecule has 23 heavy (non-hydrogen) atoms. The van der Waals surface area contributed by atoms with Crippen LogP contribution >= 0.6 is 0 Å². The Morgan fingerprint density at radius 2 is 1.70 bits per heavy atom. The van der Waals surface area contributed by atoms with Gasteiger partial charge in [-0.1, -0.05) is 49.9 Å². The van der Waals surface area contributed by atoms with Gasteiger partial charge in [-0.25, -0.2) is 0 Å². The van der Waals surface area contributed by atoms with Crippen molar-refractivity contribution in [3.05, 3.63) is 59.2 Å². The summed E-state index contributed by atoms with van der Waals surface area (Å²) >= 11 is 0. The fraction of sp³-hybridized carbons (Fsp3) is 0.381. The van der Waals surface area contributed by atoms with E-state index in [9.17, 15) is 5.11 Å². The van der Waals surface area contributed by atoms with Gasteiger partial charge in [0.25, 0.3) is 0 Å². The second-order valence-corrected chi connectivity index (χ2v) is 6.57. The molecule has 120 valence electrons. The Labute approximate surface area is 138 Å². The minimum Gasteiger partial charge on any atom is -0.507 e. The zero-order valence-electron chi connectivity index (χ0n) is 13.8. The van der Waals surface area contributed by atoms with Crippen LogP contribution in [0.3, 0.4) is 0 Å². The molecule has 2 nitrogen and oxygen atoms in total. The summed E-state index contributed by atoms with van der Waals surface area (Å²) in [5.41, 5.74) is 4.04. The monoisotopic (exact) mass is 307 g/mol. The first-order chi connectivity index (χ1) is 11.2. The molecule has 0 bridgehead atoms.